The van der Waals surface area contributed by atoms with Crippen molar-refractivity contribution in [3.05, 3.63) is 66.2 Å². The Balaban J connectivity index is 0.000000732. The second-order valence-corrected chi connectivity index (χ2v) is 10.0. The van der Waals surface area contributed by atoms with Crippen LogP contribution in [-0.4, -0.2) is 70.9 Å². The van der Waals surface area contributed by atoms with Crippen LogP contribution in [0.1, 0.15) is 12.0 Å². The lowest BCUT2D eigenvalue weighted by Gasteiger charge is -2.10. The van der Waals surface area contributed by atoms with Crippen LogP contribution in [0.15, 0.2) is 54.9 Å². The SMILES string of the molecule is CN(C)CCCNc1nccc(-c2c(-c3ccc(F)cc3)nn3cc(C(F)(F)F)ccc23)n1.CS(=O)(=O)O. The summed E-state index contributed by atoms with van der Waals surface area (Å²) in [4.78, 5) is 10.9. The molecule has 0 aliphatic rings. The van der Waals surface area contributed by atoms with Crippen molar-refractivity contribution < 1.29 is 30.5 Å². The molecule has 3 aromatic heterocycles. The Morgan fingerprint density at radius 1 is 1.08 bits per heavy atom. The lowest BCUT2D eigenvalue weighted by atomic mass is 10.0. The first-order chi connectivity index (χ1) is 17.7. The number of aromatic nitrogens is 4. The van der Waals surface area contributed by atoms with Crippen molar-refractivity contribution >= 4 is 21.6 Å². The molecule has 0 aliphatic carbocycles. The van der Waals surface area contributed by atoms with E-state index < -0.39 is 27.7 Å². The van der Waals surface area contributed by atoms with E-state index in [1.807, 2.05) is 14.1 Å². The molecule has 0 radical (unpaired) electrons. The fourth-order valence-electron chi connectivity index (χ4n) is 3.46. The summed E-state index contributed by atoms with van der Waals surface area (Å²) in [6.45, 7) is 1.56. The Morgan fingerprint density at radius 3 is 2.34 bits per heavy atom. The Bertz CT molecular complexity index is 1480. The molecule has 0 saturated heterocycles. The van der Waals surface area contributed by atoms with Gasteiger partial charge in [-0.25, -0.2) is 18.9 Å². The number of rotatable bonds is 7. The molecule has 9 nitrogen and oxygen atoms in total. The molecule has 0 amide bonds. The molecule has 2 N–H and O–H groups in total. The zero-order chi connectivity index (χ0) is 28.1. The van der Waals surface area contributed by atoms with Crippen LogP contribution >= 0.6 is 0 Å². The second kappa shape index (κ2) is 11.8. The first kappa shape index (κ1) is 28.9. The minimum atomic E-state index is -4.51. The maximum Gasteiger partial charge on any atom is 0.417 e. The Hall–Kier alpha value is -3.62. The van der Waals surface area contributed by atoms with Crippen molar-refractivity contribution in [3.8, 4) is 22.5 Å². The van der Waals surface area contributed by atoms with Crippen LogP contribution in [0.3, 0.4) is 0 Å². The fourth-order valence-corrected chi connectivity index (χ4v) is 3.46. The molecule has 0 fully saturated rings. The van der Waals surface area contributed by atoms with Gasteiger partial charge in [0.1, 0.15) is 11.5 Å². The Labute approximate surface area is 216 Å². The summed E-state index contributed by atoms with van der Waals surface area (Å²) in [5.41, 5.74) is 1.61. The minimum absolute atomic E-state index is 0.395. The molecule has 0 saturated carbocycles. The average molecular weight is 555 g/mol. The van der Waals surface area contributed by atoms with Gasteiger partial charge in [-0.3, -0.25) is 4.55 Å². The molecular weight excluding hydrogens is 528 g/mol. The number of alkyl halides is 3. The van der Waals surface area contributed by atoms with E-state index in [0.29, 0.717) is 46.8 Å². The van der Waals surface area contributed by atoms with Crippen molar-refractivity contribution in [2.75, 3.05) is 38.8 Å². The first-order valence-corrected chi connectivity index (χ1v) is 13.1. The van der Waals surface area contributed by atoms with E-state index in [1.165, 1.54) is 34.8 Å². The van der Waals surface area contributed by atoms with Crippen molar-refractivity contribution in [1.29, 1.82) is 0 Å². The maximum atomic E-state index is 13.5. The summed E-state index contributed by atoms with van der Waals surface area (Å²) >= 11 is 0. The monoisotopic (exact) mass is 554 g/mol. The molecule has 38 heavy (non-hydrogen) atoms. The largest absolute Gasteiger partial charge is 0.417 e. The predicted molar refractivity (Wildman–Crippen MR) is 136 cm³/mol. The molecule has 1 aromatic carbocycles. The summed E-state index contributed by atoms with van der Waals surface area (Å²) in [7, 11) is 0.312. The van der Waals surface area contributed by atoms with Gasteiger partial charge >= 0.3 is 6.18 Å². The zero-order valence-corrected chi connectivity index (χ0v) is 21.6. The molecule has 204 valence electrons. The topological polar surface area (TPSA) is 113 Å². The van der Waals surface area contributed by atoms with E-state index in [2.05, 4.69) is 25.3 Å². The highest BCUT2D eigenvalue weighted by atomic mass is 32.2. The van der Waals surface area contributed by atoms with Crippen LogP contribution < -0.4 is 5.32 Å². The number of nitrogens with zero attached hydrogens (tertiary/aromatic N) is 5. The zero-order valence-electron chi connectivity index (χ0n) is 20.7. The van der Waals surface area contributed by atoms with Crippen LogP contribution in [0.2, 0.25) is 0 Å². The smallest absolute Gasteiger partial charge is 0.354 e. The van der Waals surface area contributed by atoms with E-state index >= 15 is 0 Å². The van der Waals surface area contributed by atoms with E-state index in [4.69, 9.17) is 4.55 Å². The van der Waals surface area contributed by atoms with Gasteiger partial charge in [-0.2, -0.15) is 26.7 Å². The van der Waals surface area contributed by atoms with Crippen molar-refractivity contribution in [2.45, 2.75) is 12.6 Å². The molecule has 14 heteroatoms. The molecule has 3 heterocycles. The summed E-state index contributed by atoms with van der Waals surface area (Å²) in [5.74, 6) is -0.0164. The van der Waals surface area contributed by atoms with Crippen LogP contribution in [0.4, 0.5) is 23.5 Å². The maximum absolute atomic E-state index is 13.5. The quantitative estimate of drug-likeness (QED) is 0.195. The number of halogens is 4. The third-order valence-electron chi connectivity index (χ3n) is 5.05. The predicted octanol–water partition coefficient (Wildman–Crippen LogP) is 4.48. The van der Waals surface area contributed by atoms with E-state index in [-0.39, 0.29) is 0 Å². The van der Waals surface area contributed by atoms with Crippen LogP contribution in [0.5, 0.6) is 0 Å². The van der Waals surface area contributed by atoms with Gasteiger partial charge in [-0.05, 0) is 69.5 Å². The summed E-state index contributed by atoms with van der Waals surface area (Å²) in [6, 6.07) is 9.68. The normalized spacial score (nSPS) is 11.9. The number of hydrogen-bond donors (Lipinski definition) is 2. The highest BCUT2D eigenvalue weighted by Crippen LogP contribution is 2.36. The van der Waals surface area contributed by atoms with Crippen molar-refractivity contribution in [1.82, 2.24) is 24.5 Å². The minimum Gasteiger partial charge on any atom is -0.354 e. The molecular formula is C24H26F4N6O3S. The van der Waals surface area contributed by atoms with Gasteiger partial charge in [0.25, 0.3) is 10.1 Å². The molecule has 4 rings (SSSR count). The summed E-state index contributed by atoms with van der Waals surface area (Å²) < 4.78 is 80.3. The van der Waals surface area contributed by atoms with Gasteiger partial charge in [-0.15, -0.1) is 0 Å². The summed E-state index contributed by atoms with van der Waals surface area (Å²) in [5, 5.41) is 7.57. The number of pyridine rings is 1. The van der Waals surface area contributed by atoms with Crippen molar-refractivity contribution in [3.63, 3.8) is 0 Å². The highest BCUT2D eigenvalue weighted by molar-refractivity contribution is 7.85. The average Bonchev–Trinajstić information content (AvgIpc) is 3.19. The van der Waals surface area contributed by atoms with E-state index in [0.717, 1.165) is 25.2 Å². The van der Waals surface area contributed by atoms with Gasteiger partial charge < -0.3 is 10.2 Å². The first-order valence-electron chi connectivity index (χ1n) is 11.2. The summed E-state index contributed by atoms with van der Waals surface area (Å²) in [6.07, 6.45) is -0.383. The van der Waals surface area contributed by atoms with Crippen molar-refractivity contribution in [2.24, 2.45) is 0 Å². The van der Waals surface area contributed by atoms with Crippen LogP contribution in [0.25, 0.3) is 28.0 Å². The number of nitrogens with one attached hydrogen (secondary N) is 1. The standard InChI is InChI=1S/C23H22F4N6.CH4O3S/c1-32(2)13-3-11-28-22-29-12-10-18(30-22)20-19-9-6-16(23(25,26)27)14-33(19)31-21(20)15-4-7-17(24)8-5-15;1-5(2,3)4/h4-10,12,14H,3,11,13H2,1-2H3,(H,28,29,30);1H3,(H,2,3,4). The van der Waals surface area contributed by atoms with Gasteiger partial charge in [0.05, 0.1) is 28.6 Å². The number of fused-ring (bicyclic) bond motifs is 1. The van der Waals surface area contributed by atoms with Gasteiger partial charge in [0, 0.05) is 24.5 Å². The fraction of sp³-hybridized carbons (Fsp3) is 0.292. The molecule has 0 spiro atoms. The molecule has 0 atom stereocenters. The Morgan fingerprint density at radius 2 is 1.74 bits per heavy atom. The van der Waals surface area contributed by atoms with E-state index in [9.17, 15) is 26.0 Å². The van der Waals surface area contributed by atoms with Gasteiger partial charge in [0.15, 0.2) is 0 Å². The highest BCUT2D eigenvalue weighted by Gasteiger charge is 2.31. The van der Waals surface area contributed by atoms with Gasteiger partial charge in [-0.1, -0.05) is 0 Å². The third kappa shape index (κ3) is 8.19. The van der Waals surface area contributed by atoms with Gasteiger partial charge in [0.2, 0.25) is 5.95 Å². The van der Waals surface area contributed by atoms with Crippen LogP contribution in [-0.2, 0) is 16.3 Å². The number of benzene rings is 1. The lowest BCUT2D eigenvalue weighted by molar-refractivity contribution is -0.137. The van der Waals surface area contributed by atoms with Crippen LogP contribution in [0, 0.1) is 5.82 Å². The number of anilines is 1. The van der Waals surface area contributed by atoms with E-state index in [1.54, 1.807) is 12.3 Å². The Kier molecular flexibility index (Phi) is 9.01. The lowest BCUT2D eigenvalue weighted by Crippen LogP contribution is -2.17. The third-order valence-corrected chi connectivity index (χ3v) is 5.05. The number of hydrogen-bond acceptors (Lipinski definition) is 7. The second-order valence-electron chi connectivity index (χ2n) is 8.56. The molecule has 0 bridgehead atoms. The molecule has 0 unspecified atom stereocenters. The molecule has 4 aromatic rings. The molecule has 0 aliphatic heterocycles.